The van der Waals surface area contributed by atoms with E-state index in [1.165, 1.54) is 334 Å². The lowest BCUT2D eigenvalue weighted by Crippen LogP contribution is -2.45. The van der Waals surface area contributed by atoms with Gasteiger partial charge in [0.25, 0.3) is 0 Å². The summed E-state index contributed by atoms with van der Waals surface area (Å²) in [6.07, 6.45) is 93.5. The van der Waals surface area contributed by atoms with Gasteiger partial charge in [-0.1, -0.05) is 359 Å². The summed E-state index contributed by atoms with van der Waals surface area (Å²) in [6, 6.07) is -0.543. The second-order valence-electron chi connectivity index (χ2n) is 26.0. The van der Waals surface area contributed by atoms with Crippen LogP contribution in [-0.4, -0.2) is 47.4 Å². The van der Waals surface area contributed by atoms with Crippen molar-refractivity contribution in [1.29, 1.82) is 0 Å². The van der Waals surface area contributed by atoms with Gasteiger partial charge in [-0.15, -0.1) is 0 Å². The highest BCUT2D eigenvalue weighted by molar-refractivity contribution is 5.76. The third-order valence-electron chi connectivity index (χ3n) is 17.7. The maximum absolute atomic E-state index is 12.6. The third-order valence-corrected chi connectivity index (χ3v) is 17.7. The first kappa shape index (κ1) is 81.1. The predicted molar refractivity (Wildman–Crippen MR) is 366 cm³/mol. The Bertz CT molecular complexity index is 1340. The van der Waals surface area contributed by atoms with Gasteiger partial charge in [-0.2, -0.15) is 0 Å². The highest BCUT2D eigenvalue weighted by atomic mass is 16.5. The molecule has 490 valence electrons. The third kappa shape index (κ3) is 69.1. The Hall–Kier alpha value is -1.92. The van der Waals surface area contributed by atoms with Crippen molar-refractivity contribution in [2.45, 2.75) is 431 Å². The van der Waals surface area contributed by atoms with Crippen LogP contribution in [0.15, 0.2) is 36.5 Å². The number of carbonyl (C=O) groups is 2. The van der Waals surface area contributed by atoms with Gasteiger partial charge in [-0.05, 0) is 83.5 Å². The molecule has 0 spiro atoms. The summed E-state index contributed by atoms with van der Waals surface area (Å²) in [7, 11) is 0. The van der Waals surface area contributed by atoms with Gasteiger partial charge in [-0.3, -0.25) is 9.59 Å². The number of allylic oxidation sites excluding steroid dienone is 6. The Balaban J connectivity index is 3.38. The van der Waals surface area contributed by atoms with Crippen LogP contribution in [0, 0.1) is 0 Å². The molecule has 0 aromatic rings. The molecule has 0 radical (unpaired) electrons. The van der Waals surface area contributed by atoms with Gasteiger partial charge in [0.05, 0.1) is 25.4 Å². The summed E-state index contributed by atoms with van der Waals surface area (Å²) < 4.78 is 5.50. The molecule has 0 aromatic heterocycles. The van der Waals surface area contributed by atoms with Gasteiger partial charge < -0.3 is 20.3 Å². The van der Waals surface area contributed by atoms with Crippen molar-refractivity contribution in [3.8, 4) is 0 Å². The fourth-order valence-electron chi connectivity index (χ4n) is 11.9. The Morgan fingerprint density at radius 2 is 0.602 bits per heavy atom. The zero-order valence-corrected chi connectivity index (χ0v) is 56.2. The monoisotopic (exact) mass is 1170 g/mol. The zero-order valence-electron chi connectivity index (χ0n) is 56.2. The largest absolute Gasteiger partial charge is 0.466 e. The SMILES string of the molecule is CCCCC/C=C\C/C=C\CCCCCCCCCC(=O)OCCCCCCCCCCCCCC/C=C\CCCCCCCCCCCCCCC(=O)NC(CO)C(O)CCCCCCCCCCCCCCCCCCCCCCC. The number of esters is 1. The van der Waals surface area contributed by atoms with E-state index in [1.807, 2.05) is 0 Å². The average molecular weight is 1170 g/mol. The Morgan fingerprint density at radius 1 is 0.337 bits per heavy atom. The quantitative estimate of drug-likeness (QED) is 0.0320. The smallest absolute Gasteiger partial charge is 0.305 e. The lowest BCUT2D eigenvalue weighted by molar-refractivity contribution is -0.143. The van der Waals surface area contributed by atoms with Gasteiger partial charge in [0.15, 0.2) is 0 Å². The molecule has 0 heterocycles. The molecule has 6 nitrogen and oxygen atoms in total. The van der Waals surface area contributed by atoms with Crippen molar-refractivity contribution < 1.29 is 24.5 Å². The van der Waals surface area contributed by atoms with Gasteiger partial charge in [-0.25, -0.2) is 0 Å². The molecule has 3 N–H and O–H groups in total. The van der Waals surface area contributed by atoms with Gasteiger partial charge in [0.2, 0.25) is 5.91 Å². The average Bonchev–Trinajstić information content (AvgIpc) is 3.49. The Labute approximate surface area is 519 Å². The molecule has 0 rings (SSSR count). The number of unbranched alkanes of at least 4 members (excludes halogenated alkanes) is 54. The summed E-state index contributed by atoms with van der Waals surface area (Å²) in [5.74, 6) is -0.0217. The number of amides is 1. The fourth-order valence-corrected chi connectivity index (χ4v) is 11.9. The number of rotatable bonds is 71. The Morgan fingerprint density at radius 3 is 0.952 bits per heavy atom. The molecule has 2 unspecified atom stereocenters. The van der Waals surface area contributed by atoms with E-state index in [2.05, 4.69) is 55.6 Å². The molecular weight excluding hydrogens is 1020 g/mol. The maximum atomic E-state index is 12.6. The van der Waals surface area contributed by atoms with E-state index in [4.69, 9.17) is 4.74 Å². The van der Waals surface area contributed by atoms with E-state index in [0.717, 1.165) is 51.4 Å². The standard InChI is InChI=1S/C77H147NO5/c1-3-5-7-9-11-13-15-17-19-21-22-31-34-38-41-45-49-53-57-61-65-69-75(80)74(73-79)78-76(81)70-66-62-58-54-50-46-42-39-35-32-29-27-25-23-24-26-28-30-33-36-40-44-48-52-56-60-64-68-72-83-77(82)71-67-63-59-55-51-47-43-37-20-18-16-14-12-10-8-6-4-2/h12,14,18,20,23-24,74-75,79-80H,3-11,13,15-17,19,21-22,25-73H2,1-2H3,(H,78,81)/b14-12-,20-18-,24-23-. The molecule has 0 saturated carbocycles. The highest BCUT2D eigenvalue weighted by Gasteiger charge is 2.20. The highest BCUT2D eigenvalue weighted by Crippen LogP contribution is 2.19. The van der Waals surface area contributed by atoms with Crippen molar-refractivity contribution in [1.82, 2.24) is 5.32 Å². The second kappa shape index (κ2) is 72.6. The van der Waals surface area contributed by atoms with Gasteiger partial charge in [0.1, 0.15) is 0 Å². The summed E-state index contributed by atoms with van der Waals surface area (Å²) in [5, 5.41) is 23.4. The predicted octanol–water partition coefficient (Wildman–Crippen LogP) is 24.7. The molecule has 6 heteroatoms. The summed E-state index contributed by atoms with van der Waals surface area (Å²) >= 11 is 0. The molecule has 0 aromatic carbocycles. The molecule has 0 aliphatic rings. The number of hydrogen-bond donors (Lipinski definition) is 3. The number of carbonyl (C=O) groups excluding carboxylic acids is 2. The van der Waals surface area contributed by atoms with E-state index < -0.39 is 12.1 Å². The fraction of sp³-hybridized carbons (Fsp3) is 0.896. The molecule has 0 saturated heterocycles. The first-order chi connectivity index (χ1) is 41.0. The van der Waals surface area contributed by atoms with Crippen LogP contribution < -0.4 is 5.32 Å². The Kier molecular flexibility index (Phi) is 70.9. The topological polar surface area (TPSA) is 95.9 Å². The number of ether oxygens (including phenoxy) is 1. The van der Waals surface area contributed by atoms with Crippen molar-refractivity contribution >= 4 is 11.9 Å². The summed E-state index contributed by atoms with van der Waals surface area (Å²) in [4.78, 5) is 24.7. The minimum Gasteiger partial charge on any atom is -0.466 e. The number of aliphatic hydroxyl groups is 2. The molecule has 1 amide bonds. The van der Waals surface area contributed by atoms with Crippen molar-refractivity contribution in [3.05, 3.63) is 36.5 Å². The van der Waals surface area contributed by atoms with Crippen LogP contribution in [0.1, 0.15) is 418 Å². The van der Waals surface area contributed by atoms with E-state index in [-0.39, 0.29) is 18.5 Å². The lowest BCUT2D eigenvalue weighted by Gasteiger charge is -2.22. The van der Waals surface area contributed by atoms with Crippen LogP contribution in [0.3, 0.4) is 0 Å². The van der Waals surface area contributed by atoms with Crippen molar-refractivity contribution in [2.75, 3.05) is 13.2 Å². The zero-order chi connectivity index (χ0) is 59.9. The molecular formula is C77H147NO5. The minimum absolute atomic E-state index is 0.00877. The van der Waals surface area contributed by atoms with Crippen LogP contribution in [0.5, 0.6) is 0 Å². The van der Waals surface area contributed by atoms with E-state index >= 15 is 0 Å². The summed E-state index contributed by atoms with van der Waals surface area (Å²) in [6.45, 7) is 4.97. The van der Waals surface area contributed by atoms with Crippen LogP contribution >= 0.6 is 0 Å². The second-order valence-corrected chi connectivity index (χ2v) is 26.0. The molecule has 0 aliphatic carbocycles. The summed E-state index contributed by atoms with van der Waals surface area (Å²) in [5.41, 5.74) is 0. The van der Waals surface area contributed by atoms with E-state index in [1.54, 1.807) is 0 Å². The van der Waals surface area contributed by atoms with Crippen LogP contribution in [-0.2, 0) is 14.3 Å². The molecule has 0 fully saturated rings. The molecule has 0 bridgehead atoms. The van der Waals surface area contributed by atoms with Gasteiger partial charge in [0, 0.05) is 12.8 Å². The lowest BCUT2D eigenvalue weighted by atomic mass is 10.0. The molecule has 0 aliphatic heterocycles. The van der Waals surface area contributed by atoms with Crippen LogP contribution in [0.2, 0.25) is 0 Å². The molecule has 83 heavy (non-hydrogen) atoms. The van der Waals surface area contributed by atoms with Crippen LogP contribution in [0.4, 0.5) is 0 Å². The van der Waals surface area contributed by atoms with E-state index in [0.29, 0.717) is 25.9 Å². The normalized spacial score (nSPS) is 12.7. The minimum atomic E-state index is -0.666. The van der Waals surface area contributed by atoms with E-state index in [9.17, 15) is 19.8 Å². The van der Waals surface area contributed by atoms with Crippen molar-refractivity contribution in [2.24, 2.45) is 0 Å². The first-order valence-electron chi connectivity index (χ1n) is 37.7. The van der Waals surface area contributed by atoms with Gasteiger partial charge >= 0.3 is 5.97 Å². The number of aliphatic hydroxyl groups excluding tert-OH is 2. The first-order valence-corrected chi connectivity index (χ1v) is 37.7. The maximum Gasteiger partial charge on any atom is 0.305 e. The molecule has 2 atom stereocenters. The van der Waals surface area contributed by atoms with Crippen molar-refractivity contribution in [3.63, 3.8) is 0 Å². The number of nitrogens with one attached hydrogen (secondary N) is 1. The van der Waals surface area contributed by atoms with Crippen LogP contribution in [0.25, 0.3) is 0 Å². The number of hydrogen-bond acceptors (Lipinski definition) is 5.